The first-order valence-corrected chi connectivity index (χ1v) is 5.41. The topological polar surface area (TPSA) is 81.2 Å². The Morgan fingerprint density at radius 2 is 2.18 bits per heavy atom. The summed E-state index contributed by atoms with van der Waals surface area (Å²) in [5, 5.41) is 13.0. The molecule has 5 nitrogen and oxygen atoms in total. The molecule has 0 fully saturated rings. The van der Waals surface area contributed by atoms with Crippen LogP contribution >= 0.6 is 15.9 Å². The fourth-order valence-corrected chi connectivity index (χ4v) is 1.47. The van der Waals surface area contributed by atoms with E-state index in [0.717, 1.165) is 0 Å². The van der Waals surface area contributed by atoms with Gasteiger partial charge in [-0.1, -0.05) is 15.9 Å². The molecular weight excluding hydrogens is 300 g/mol. The maximum atomic E-state index is 12.9. The number of nitrogens with zero attached hydrogens (tertiary/aromatic N) is 1. The van der Waals surface area contributed by atoms with Crippen LogP contribution in [0.2, 0.25) is 0 Å². The lowest BCUT2D eigenvalue weighted by atomic mass is 10.2. The van der Waals surface area contributed by atoms with Gasteiger partial charge in [-0.25, -0.2) is 8.78 Å². The maximum absolute atomic E-state index is 12.9. The maximum Gasteiger partial charge on any atom is 0.292 e. The van der Waals surface area contributed by atoms with Crippen LogP contribution < -0.4 is 11.1 Å². The highest BCUT2D eigenvalue weighted by Gasteiger charge is 2.27. The first kappa shape index (κ1) is 13.8. The second-order valence-corrected chi connectivity index (χ2v) is 4.25. The Kier molecular flexibility index (Phi) is 4.35. The van der Waals surface area contributed by atoms with E-state index in [4.69, 9.17) is 5.73 Å². The summed E-state index contributed by atoms with van der Waals surface area (Å²) >= 11 is 3.11. The smallest absolute Gasteiger partial charge is 0.292 e. The summed E-state index contributed by atoms with van der Waals surface area (Å²) in [4.78, 5) is 10.0. The predicted molar refractivity (Wildman–Crippen MR) is 63.3 cm³/mol. The highest BCUT2D eigenvalue weighted by Crippen LogP contribution is 2.28. The number of hydrogen-bond donors (Lipinski definition) is 2. The van der Waals surface area contributed by atoms with Gasteiger partial charge in [-0.3, -0.25) is 10.1 Å². The molecule has 94 valence electrons. The molecular formula is C9H10BrF2N3O2. The Labute approximate surface area is 104 Å². The summed E-state index contributed by atoms with van der Waals surface area (Å²) in [5.41, 5.74) is 4.63. The third-order valence-electron chi connectivity index (χ3n) is 1.99. The molecule has 0 amide bonds. The van der Waals surface area contributed by atoms with Crippen molar-refractivity contribution in [2.24, 2.45) is 5.73 Å². The van der Waals surface area contributed by atoms with Gasteiger partial charge in [0.15, 0.2) is 0 Å². The number of anilines is 1. The number of hydrogen-bond acceptors (Lipinski definition) is 4. The number of nitrogens with one attached hydrogen (secondary N) is 1. The molecule has 0 saturated heterocycles. The molecule has 0 atom stereocenters. The Hall–Kier alpha value is -1.28. The van der Waals surface area contributed by atoms with Gasteiger partial charge in [0.2, 0.25) is 0 Å². The molecule has 0 radical (unpaired) electrons. The lowest BCUT2D eigenvalue weighted by molar-refractivity contribution is -0.384. The van der Waals surface area contributed by atoms with Gasteiger partial charge in [0.25, 0.3) is 11.6 Å². The largest absolute Gasteiger partial charge is 0.373 e. The summed E-state index contributed by atoms with van der Waals surface area (Å²) in [5.74, 6) is -3.10. The fraction of sp³-hybridized carbons (Fsp3) is 0.333. The molecule has 0 bridgehead atoms. The van der Waals surface area contributed by atoms with Gasteiger partial charge < -0.3 is 11.1 Å². The molecule has 0 heterocycles. The molecule has 0 aromatic heterocycles. The number of rotatable bonds is 5. The molecule has 1 rings (SSSR count). The second kappa shape index (κ2) is 5.37. The minimum absolute atomic E-state index is 0.0255. The molecule has 0 saturated carbocycles. The van der Waals surface area contributed by atoms with E-state index in [2.05, 4.69) is 21.2 Å². The molecule has 17 heavy (non-hydrogen) atoms. The standard InChI is InChI=1S/C9H10BrF2N3O2/c10-6-1-2-8(15(16)17)7(3-6)14-5-9(11,12)4-13/h1-3,14H,4-5,13H2. The van der Waals surface area contributed by atoms with Crippen LogP contribution in [0.5, 0.6) is 0 Å². The van der Waals surface area contributed by atoms with Crippen molar-refractivity contribution in [2.75, 3.05) is 18.4 Å². The zero-order valence-electron chi connectivity index (χ0n) is 8.62. The van der Waals surface area contributed by atoms with Crippen LogP contribution in [-0.4, -0.2) is 23.9 Å². The molecule has 0 aliphatic heterocycles. The van der Waals surface area contributed by atoms with Crippen LogP contribution in [0.4, 0.5) is 20.2 Å². The molecule has 0 aliphatic carbocycles. The number of halogens is 3. The van der Waals surface area contributed by atoms with Crippen LogP contribution in [0, 0.1) is 10.1 Å². The number of nitrogens with two attached hydrogens (primary N) is 1. The third kappa shape index (κ3) is 3.90. The average Bonchev–Trinajstić information content (AvgIpc) is 2.26. The summed E-state index contributed by atoms with van der Waals surface area (Å²) in [6.07, 6.45) is 0. The van der Waals surface area contributed by atoms with Gasteiger partial charge in [0, 0.05) is 10.5 Å². The number of nitro groups is 1. The van der Waals surface area contributed by atoms with E-state index in [9.17, 15) is 18.9 Å². The summed E-state index contributed by atoms with van der Waals surface area (Å²) in [7, 11) is 0. The molecule has 0 aliphatic rings. The highest BCUT2D eigenvalue weighted by atomic mass is 79.9. The van der Waals surface area contributed by atoms with E-state index in [1.807, 2.05) is 0 Å². The first-order valence-electron chi connectivity index (χ1n) is 4.61. The molecule has 8 heteroatoms. The van der Waals surface area contributed by atoms with Crippen molar-refractivity contribution < 1.29 is 13.7 Å². The van der Waals surface area contributed by atoms with Crippen molar-refractivity contribution in [1.82, 2.24) is 0 Å². The van der Waals surface area contributed by atoms with Gasteiger partial charge in [0.05, 0.1) is 18.0 Å². The van der Waals surface area contributed by atoms with E-state index in [0.29, 0.717) is 4.47 Å². The van der Waals surface area contributed by atoms with E-state index < -0.39 is 23.9 Å². The molecule has 1 aromatic rings. The first-order chi connectivity index (χ1) is 7.85. The van der Waals surface area contributed by atoms with Crippen molar-refractivity contribution in [3.63, 3.8) is 0 Å². The Bertz CT molecular complexity index is 429. The molecule has 1 aromatic carbocycles. The van der Waals surface area contributed by atoms with Crippen molar-refractivity contribution in [3.05, 3.63) is 32.8 Å². The van der Waals surface area contributed by atoms with Crippen molar-refractivity contribution in [1.29, 1.82) is 0 Å². The lowest BCUT2D eigenvalue weighted by Gasteiger charge is -2.15. The minimum Gasteiger partial charge on any atom is -0.373 e. The summed E-state index contributed by atoms with van der Waals surface area (Å²) < 4.78 is 26.4. The minimum atomic E-state index is -3.10. The van der Waals surface area contributed by atoms with Crippen LogP contribution in [0.1, 0.15) is 0 Å². The van der Waals surface area contributed by atoms with Crippen molar-refractivity contribution in [2.45, 2.75) is 5.92 Å². The van der Waals surface area contributed by atoms with Crippen molar-refractivity contribution >= 4 is 27.3 Å². The SMILES string of the molecule is NCC(F)(F)CNc1cc(Br)ccc1[N+](=O)[O-]. The number of benzene rings is 1. The number of alkyl halides is 2. The summed E-state index contributed by atoms with van der Waals surface area (Å²) in [6.45, 7) is -1.57. The Balaban J connectivity index is 2.89. The Morgan fingerprint density at radius 1 is 1.53 bits per heavy atom. The Morgan fingerprint density at radius 3 is 2.71 bits per heavy atom. The highest BCUT2D eigenvalue weighted by molar-refractivity contribution is 9.10. The van der Waals surface area contributed by atoms with Gasteiger partial charge >= 0.3 is 0 Å². The zero-order chi connectivity index (χ0) is 13.1. The lowest BCUT2D eigenvalue weighted by Crippen LogP contribution is -2.35. The van der Waals surface area contributed by atoms with E-state index in [1.165, 1.54) is 18.2 Å². The van der Waals surface area contributed by atoms with Crippen LogP contribution in [0.3, 0.4) is 0 Å². The van der Waals surface area contributed by atoms with E-state index in [1.54, 1.807) is 0 Å². The van der Waals surface area contributed by atoms with E-state index in [-0.39, 0.29) is 11.4 Å². The molecule has 0 unspecified atom stereocenters. The van der Waals surface area contributed by atoms with Gasteiger partial charge in [-0.15, -0.1) is 0 Å². The molecule has 3 N–H and O–H groups in total. The molecule has 0 spiro atoms. The third-order valence-corrected chi connectivity index (χ3v) is 2.48. The fourth-order valence-electron chi connectivity index (χ4n) is 1.11. The predicted octanol–water partition coefficient (Wildman–Crippen LogP) is 2.36. The second-order valence-electron chi connectivity index (χ2n) is 3.33. The van der Waals surface area contributed by atoms with Crippen LogP contribution in [-0.2, 0) is 0 Å². The monoisotopic (exact) mass is 309 g/mol. The zero-order valence-corrected chi connectivity index (χ0v) is 10.2. The summed E-state index contributed by atoms with van der Waals surface area (Å²) in [6, 6.07) is 4.06. The van der Waals surface area contributed by atoms with Crippen molar-refractivity contribution in [3.8, 4) is 0 Å². The van der Waals surface area contributed by atoms with E-state index >= 15 is 0 Å². The quantitative estimate of drug-likeness (QED) is 0.646. The van der Waals surface area contributed by atoms with Crippen LogP contribution in [0.15, 0.2) is 22.7 Å². The number of nitro benzene ring substituents is 1. The van der Waals surface area contributed by atoms with Gasteiger partial charge in [-0.2, -0.15) is 0 Å². The van der Waals surface area contributed by atoms with Crippen LogP contribution in [0.25, 0.3) is 0 Å². The van der Waals surface area contributed by atoms with Gasteiger partial charge in [0.1, 0.15) is 5.69 Å². The van der Waals surface area contributed by atoms with Gasteiger partial charge in [-0.05, 0) is 12.1 Å². The normalized spacial score (nSPS) is 11.3. The average molecular weight is 310 g/mol.